The zero-order valence-electron chi connectivity index (χ0n) is 11.6. The maximum Gasteiger partial charge on any atom is 0.241 e. The average molecular weight is 300 g/mol. The molecule has 1 atom stereocenters. The molecule has 0 spiro atoms. The van der Waals surface area contributed by atoms with Crippen molar-refractivity contribution in [2.45, 2.75) is 19.4 Å². The van der Waals surface area contributed by atoms with Crippen LogP contribution in [0.2, 0.25) is 0 Å². The Labute approximate surface area is 119 Å². The first-order chi connectivity index (χ1) is 9.33. The van der Waals surface area contributed by atoms with Crippen LogP contribution in [0.5, 0.6) is 5.75 Å². The Hall–Kier alpha value is -1.60. The summed E-state index contributed by atoms with van der Waals surface area (Å²) in [4.78, 5) is 11.9. The van der Waals surface area contributed by atoms with Gasteiger partial charge in [-0.3, -0.25) is 4.79 Å². The lowest BCUT2D eigenvalue weighted by atomic mass is 10.2. The monoisotopic (exact) mass is 300 g/mol. The molecule has 0 aliphatic carbocycles. The summed E-state index contributed by atoms with van der Waals surface area (Å²) in [5.74, 6) is 0.00813. The van der Waals surface area contributed by atoms with Crippen molar-refractivity contribution < 1.29 is 17.9 Å². The number of anilines is 1. The van der Waals surface area contributed by atoms with Gasteiger partial charge < -0.3 is 15.8 Å². The first-order valence-corrected chi connectivity index (χ1v) is 8.35. The van der Waals surface area contributed by atoms with Crippen LogP contribution in [0.4, 0.5) is 5.69 Å². The highest BCUT2D eigenvalue weighted by molar-refractivity contribution is 7.90. The number of carbonyl (C=O) groups is 1. The van der Waals surface area contributed by atoms with Crippen molar-refractivity contribution in [2.75, 3.05) is 23.9 Å². The van der Waals surface area contributed by atoms with Crippen LogP contribution in [-0.2, 0) is 14.6 Å². The number of nitrogens with two attached hydrogens (primary N) is 1. The van der Waals surface area contributed by atoms with Crippen LogP contribution in [0.3, 0.4) is 0 Å². The molecule has 7 heteroatoms. The van der Waals surface area contributed by atoms with Crippen LogP contribution in [-0.4, -0.2) is 39.0 Å². The van der Waals surface area contributed by atoms with Crippen molar-refractivity contribution in [1.29, 1.82) is 0 Å². The van der Waals surface area contributed by atoms with E-state index in [4.69, 9.17) is 10.5 Å². The molecule has 0 saturated heterocycles. The summed E-state index contributed by atoms with van der Waals surface area (Å²) in [6, 6.07) is 6.12. The zero-order chi connectivity index (χ0) is 15.2. The molecule has 1 amide bonds. The summed E-state index contributed by atoms with van der Waals surface area (Å²) < 4.78 is 27.5. The number of sulfone groups is 1. The van der Waals surface area contributed by atoms with Gasteiger partial charge in [0, 0.05) is 6.26 Å². The van der Waals surface area contributed by atoms with E-state index in [0.29, 0.717) is 18.0 Å². The SMILES string of the molecule is CCOc1ccccc1NC(=O)C(N)CCS(C)(=O)=O. The minimum absolute atomic E-state index is 0.0848. The molecule has 1 aromatic rings. The lowest BCUT2D eigenvalue weighted by Crippen LogP contribution is -2.37. The van der Waals surface area contributed by atoms with Gasteiger partial charge in [-0.05, 0) is 25.5 Å². The topological polar surface area (TPSA) is 98.5 Å². The van der Waals surface area contributed by atoms with Crippen molar-refractivity contribution in [2.24, 2.45) is 5.73 Å². The summed E-state index contributed by atoms with van der Waals surface area (Å²) in [7, 11) is -3.13. The number of nitrogens with one attached hydrogen (secondary N) is 1. The van der Waals surface area contributed by atoms with E-state index in [1.165, 1.54) is 0 Å². The third kappa shape index (κ3) is 5.58. The molecule has 3 N–H and O–H groups in total. The van der Waals surface area contributed by atoms with Gasteiger partial charge in [0.25, 0.3) is 0 Å². The Morgan fingerprint density at radius 3 is 2.65 bits per heavy atom. The molecule has 6 nitrogen and oxygen atoms in total. The lowest BCUT2D eigenvalue weighted by molar-refractivity contribution is -0.117. The number of benzene rings is 1. The van der Waals surface area contributed by atoms with Crippen LogP contribution < -0.4 is 15.8 Å². The molecule has 0 aliphatic rings. The van der Waals surface area contributed by atoms with Gasteiger partial charge in [0.1, 0.15) is 15.6 Å². The highest BCUT2D eigenvalue weighted by atomic mass is 32.2. The Kier molecular flexibility index (Phi) is 5.97. The maximum absolute atomic E-state index is 11.9. The average Bonchev–Trinajstić information content (AvgIpc) is 2.37. The predicted octanol–water partition coefficient (Wildman–Crippen LogP) is 0.786. The van der Waals surface area contributed by atoms with E-state index in [1.807, 2.05) is 6.92 Å². The molecule has 0 saturated carbocycles. The second-order valence-electron chi connectivity index (χ2n) is 4.44. The number of amides is 1. The molecule has 0 radical (unpaired) electrons. The standard InChI is InChI=1S/C13H20N2O4S/c1-3-19-12-7-5-4-6-11(12)15-13(16)10(14)8-9-20(2,17)18/h4-7,10H,3,8-9,14H2,1-2H3,(H,15,16). The summed E-state index contributed by atoms with van der Waals surface area (Å²) in [5, 5.41) is 2.65. The summed E-state index contributed by atoms with van der Waals surface area (Å²) in [5.41, 5.74) is 6.20. The number of ether oxygens (including phenoxy) is 1. The lowest BCUT2D eigenvalue weighted by Gasteiger charge is -2.14. The van der Waals surface area contributed by atoms with Gasteiger partial charge in [-0.15, -0.1) is 0 Å². The van der Waals surface area contributed by atoms with E-state index in [1.54, 1.807) is 24.3 Å². The highest BCUT2D eigenvalue weighted by Crippen LogP contribution is 2.23. The number of rotatable bonds is 7. The summed E-state index contributed by atoms with van der Waals surface area (Å²) in [6.07, 6.45) is 1.20. The molecule has 20 heavy (non-hydrogen) atoms. The van der Waals surface area contributed by atoms with Crippen LogP contribution in [0.25, 0.3) is 0 Å². The Bertz CT molecular complexity index is 557. The molecule has 1 aromatic carbocycles. The van der Waals surface area contributed by atoms with Crippen molar-refractivity contribution in [3.63, 3.8) is 0 Å². The second kappa shape index (κ2) is 7.25. The molecule has 0 heterocycles. The first-order valence-electron chi connectivity index (χ1n) is 6.29. The van der Waals surface area contributed by atoms with Gasteiger partial charge in [-0.2, -0.15) is 0 Å². The minimum atomic E-state index is -3.13. The highest BCUT2D eigenvalue weighted by Gasteiger charge is 2.17. The molecular weight excluding hydrogens is 280 g/mol. The molecular formula is C13H20N2O4S. The molecule has 0 aromatic heterocycles. The third-order valence-corrected chi connectivity index (χ3v) is 3.56. The summed E-state index contributed by atoms with van der Waals surface area (Å²) in [6.45, 7) is 2.32. The van der Waals surface area contributed by atoms with Crippen molar-refractivity contribution in [1.82, 2.24) is 0 Å². The fourth-order valence-electron chi connectivity index (χ4n) is 1.55. The van der Waals surface area contributed by atoms with Gasteiger partial charge in [0.2, 0.25) is 5.91 Å². The number of para-hydroxylation sites is 2. The quantitative estimate of drug-likeness (QED) is 0.775. The van der Waals surface area contributed by atoms with Crippen LogP contribution in [0.15, 0.2) is 24.3 Å². The molecule has 112 valence electrons. The van der Waals surface area contributed by atoms with Gasteiger partial charge in [0.15, 0.2) is 0 Å². The molecule has 1 unspecified atom stereocenters. The Balaban J connectivity index is 2.66. The van der Waals surface area contributed by atoms with Gasteiger partial charge in [-0.25, -0.2) is 8.42 Å². The van der Waals surface area contributed by atoms with E-state index in [0.717, 1.165) is 6.26 Å². The van der Waals surface area contributed by atoms with Crippen molar-refractivity contribution in [3.05, 3.63) is 24.3 Å². The first kappa shape index (κ1) is 16.5. The van der Waals surface area contributed by atoms with Crippen LogP contribution in [0, 0.1) is 0 Å². The molecule has 0 aliphatic heterocycles. The number of hydrogen-bond donors (Lipinski definition) is 2. The van der Waals surface area contributed by atoms with E-state index in [2.05, 4.69) is 5.32 Å². The normalized spacial score (nSPS) is 12.8. The van der Waals surface area contributed by atoms with E-state index < -0.39 is 21.8 Å². The minimum Gasteiger partial charge on any atom is -0.492 e. The molecule has 0 bridgehead atoms. The van der Waals surface area contributed by atoms with Crippen molar-refractivity contribution >= 4 is 21.4 Å². The van der Waals surface area contributed by atoms with Crippen LogP contribution >= 0.6 is 0 Å². The Morgan fingerprint density at radius 1 is 1.40 bits per heavy atom. The zero-order valence-corrected chi connectivity index (χ0v) is 12.4. The maximum atomic E-state index is 11.9. The van der Waals surface area contributed by atoms with E-state index in [9.17, 15) is 13.2 Å². The van der Waals surface area contributed by atoms with Gasteiger partial charge in [-0.1, -0.05) is 12.1 Å². The fourth-order valence-corrected chi connectivity index (χ4v) is 2.23. The molecule has 0 fully saturated rings. The van der Waals surface area contributed by atoms with Gasteiger partial charge >= 0.3 is 0 Å². The predicted molar refractivity (Wildman–Crippen MR) is 78.5 cm³/mol. The van der Waals surface area contributed by atoms with Gasteiger partial charge in [0.05, 0.1) is 24.1 Å². The summed E-state index contributed by atoms with van der Waals surface area (Å²) >= 11 is 0. The number of hydrogen-bond acceptors (Lipinski definition) is 5. The Morgan fingerprint density at radius 2 is 2.05 bits per heavy atom. The van der Waals surface area contributed by atoms with E-state index >= 15 is 0 Å². The number of carbonyl (C=O) groups excluding carboxylic acids is 1. The molecule has 1 rings (SSSR count). The third-order valence-electron chi connectivity index (χ3n) is 2.58. The largest absolute Gasteiger partial charge is 0.492 e. The fraction of sp³-hybridized carbons (Fsp3) is 0.462. The van der Waals surface area contributed by atoms with Crippen molar-refractivity contribution in [3.8, 4) is 5.75 Å². The second-order valence-corrected chi connectivity index (χ2v) is 6.70. The van der Waals surface area contributed by atoms with Crippen LogP contribution in [0.1, 0.15) is 13.3 Å². The smallest absolute Gasteiger partial charge is 0.241 e. The van der Waals surface area contributed by atoms with E-state index in [-0.39, 0.29) is 12.2 Å².